The minimum Gasteiger partial charge on any atom is -0.450 e. The molecule has 4 rings (SSSR count). The minimum absolute atomic E-state index is 0.125. The highest BCUT2D eigenvalue weighted by molar-refractivity contribution is 7.17. The number of aryl methyl sites for hydroxylation is 2. The quantitative estimate of drug-likeness (QED) is 0.449. The number of Topliss-reactive ketones (excluding diaryl/α,β-unsaturated/α-hetero) is 1. The number of carbonyl (C=O) groups excluding carboxylic acids is 3. The van der Waals surface area contributed by atoms with Crippen molar-refractivity contribution in [3.05, 3.63) is 68.2 Å². The first-order valence-corrected chi connectivity index (χ1v) is 11.3. The average molecular weight is 440 g/mol. The number of esters is 1. The van der Waals surface area contributed by atoms with Crippen molar-refractivity contribution >= 4 is 40.3 Å². The Morgan fingerprint density at radius 3 is 2.60 bits per heavy atom. The van der Waals surface area contributed by atoms with E-state index in [9.17, 15) is 14.4 Å². The smallest absolute Gasteiger partial charge is 0.349 e. The Morgan fingerprint density at radius 2 is 1.80 bits per heavy atom. The summed E-state index contributed by atoms with van der Waals surface area (Å²) in [4.78, 5) is 39.4. The Kier molecular flexibility index (Phi) is 5.83. The Hall–Kier alpha value is -2.77. The number of rotatable bonds is 6. The molecule has 1 unspecified atom stereocenters. The third-order valence-electron chi connectivity index (χ3n) is 5.00. The summed E-state index contributed by atoms with van der Waals surface area (Å²) >= 11 is 2.72. The van der Waals surface area contributed by atoms with Gasteiger partial charge in [-0.25, -0.2) is 4.79 Å². The Morgan fingerprint density at radius 1 is 1.03 bits per heavy atom. The fourth-order valence-electron chi connectivity index (χ4n) is 3.46. The Labute approximate surface area is 182 Å². The van der Waals surface area contributed by atoms with E-state index in [0.29, 0.717) is 16.3 Å². The van der Waals surface area contributed by atoms with E-state index in [1.807, 2.05) is 18.2 Å². The van der Waals surface area contributed by atoms with Gasteiger partial charge in [0.1, 0.15) is 4.88 Å². The summed E-state index contributed by atoms with van der Waals surface area (Å²) in [5.41, 5.74) is 3.63. The molecule has 1 aliphatic rings. The van der Waals surface area contributed by atoms with E-state index in [-0.39, 0.29) is 11.7 Å². The van der Waals surface area contributed by atoms with Gasteiger partial charge in [0.05, 0.1) is 11.4 Å². The molecule has 0 saturated heterocycles. The predicted octanol–water partition coefficient (Wildman–Crippen LogP) is 4.64. The molecule has 0 bridgehead atoms. The summed E-state index contributed by atoms with van der Waals surface area (Å²) < 4.78 is 5.48. The van der Waals surface area contributed by atoms with Crippen LogP contribution >= 0.6 is 22.7 Å². The van der Waals surface area contributed by atoms with Gasteiger partial charge in [-0.3, -0.25) is 9.59 Å². The predicted molar refractivity (Wildman–Crippen MR) is 118 cm³/mol. The van der Waals surface area contributed by atoms with E-state index in [1.165, 1.54) is 40.7 Å². The molecule has 5 nitrogen and oxygen atoms in total. The van der Waals surface area contributed by atoms with Gasteiger partial charge in [-0.05, 0) is 54.7 Å². The summed E-state index contributed by atoms with van der Waals surface area (Å²) in [7, 11) is 0. The van der Waals surface area contributed by atoms with Gasteiger partial charge >= 0.3 is 5.97 Å². The van der Waals surface area contributed by atoms with E-state index in [4.69, 9.17) is 4.74 Å². The topological polar surface area (TPSA) is 72.5 Å². The summed E-state index contributed by atoms with van der Waals surface area (Å²) in [6.45, 7) is 3.42. The lowest BCUT2D eigenvalue weighted by atomic mass is 9.91. The van der Waals surface area contributed by atoms with Crippen LogP contribution in [-0.4, -0.2) is 23.8 Å². The number of ketones is 1. The van der Waals surface area contributed by atoms with Crippen LogP contribution in [-0.2, 0) is 28.9 Å². The van der Waals surface area contributed by atoms with Crippen molar-refractivity contribution in [2.24, 2.45) is 0 Å². The van der Waals surface area contributed by atoms with E-state index in [1.54, 1.807) is 19.1 Å². The van der Waals surface area contributed by atoms with Crippen molar-refractivity contribution in [2.45, 2.75) is 39.3 Å². The fraction of sp³-hybridized carbons (Fsp3) is 0.261. The lowest BCUT2D eigenvalue weighted by molar-refractivity contribution is -0.119. The lowest BCUT2D eigenvalue weighted by Gasteiger charge is -2.15. The molecule has 0 radical (unpaired) electrons. The van der Waals surface area contributed by atoms with E-state index in [0.717, 1.165) is 28.2 Å². The van der Waals surface area contributed by atoms with Crippen molar-refractivity contribution < 1.29 is 19.1 Å². The molecular formula is C23H21NO4S2. The number of amides is 1. The maximum Gasteiger partial charge on any atom is 0.349 e. The molecule has 2 heterocycles. The third kappa shape index (κ3) is 4.22. The monoisotopic (exact) mass is 439 g/mol. The van der Waals surface area contributed by atoms with E-state index >= 15 is 0 Å². The Balaban J connectivity index is 1.44. The van der Waals surface area contributed by atoms with Crippen molar-refractivity contribution in [3.63, 3.8) is 0 Å². The van der Waals surface area contributed by atoms with Gasteiger partial charge in [0.2, 0.25) is 11.7 Å². The SMILES string of the molecule is CC(=O)NCc1ccc(C(=O)C(C)OC(=O)c2cc3c(s2)-c2ccccc2CC3)s1. The number of hydrogen-bond donors (Lipinski definition) is 1. The van der Waals surface area contributed by atoms with Crippen LogP contribution in [0.15, 0.2) is 42.5 Å². The molecule has 1 aliphatic carbocycles. The highest BCUT2D eigenvalue weighted by atomic mass is 32.1. The van der Waals surface area contributed by atoms with Crippen LogP contribution in [0.4, 0.5) is 0 Å². The van der Waals surface area contributed by atoms with Crippen LogP contribution < -0.4 is 5.32 Å². The first kappa shape index (κ1) is 20.5. The maximum atomic E-state index is 12.7. The van der Waals surface area contributed by atoms with Gasteiger partial charge < -0.3 is 10.1 Å². The van der Waals surface area contributed by atoms with Crippen LogP contribution in [0, 0.1) is 0 Å². The zero-order valence-electron chi connectivity index (χ0n) is 16.7. The number of benzene rings is 1. The number of fused-ring (bicyclic) bond motifs is 3. The van der Waals surface area contributed by atoms with Gasteiger partial charge in [-0.1, -0.05) is 24.3 Å². The van der Waals surface area contributed by atoms with Crippen LogP contribution in [0.3, 0.4) is 0 Å². The van der Waals surface area contributed by atoms with E-state index in [2.05, 4.69) is 17.4 Å². The largest absolute Gasteiger partial charge is 0.450 e. The second-order valence-electron chi connectivity index (χ2n) is 7.21. The first-order chi connectivity index (χ1) is 14.4. The van der Waals surface area contributed by atoms with Crippen LogP contribution in [0.2, 0.25) is 0 Å². The number of thiophene rings is 2. The van der Waals surface area contributed by atoms with Gasteiger partial charge in [0, 0.05) is 16.7 Å². The average Bonchev–Trinajstić information content (AvgIpc) is 3.39. The highest BCUT2D eigenvalue weighted by Crippen LogP contribution is 2.39. The number of carbonyl (C=O) groups is 3. The molecule has 1 amide bonds. The molecule has 7 heteroatoms. The van der Waals surface area contributed by atoms with Crippen LogP contribution in [0.5, 0.6) is 0 Å². The summed E-state index contributed by atoms with van der Waals surface area (Å²) in [6.07, 6.45) is 0.982. The molecule has 154 valence electrons. The summed E-state index contributed by atoms with van der Waals surface area (Å²) in [5, 5.41) is 2.70. The van der Waals surface area contributed by atoms with Gasteiger partial charge in [-0.2, -0.15) is 0 Å². The van der Waals surface area contributed by atoms with Crippen molar-refractivity contribution in [2.75, 3.05) is 0 Å². The van der Waals surface area contributed by atoms with Crippen molar-refractivity contribution in [1.29, 1.82) is 0 Å². The van der Waals surface area contributed by atoms with Crippen LogP contribution in [0.25, 0.3) is 10.4 Å². The zero-order valence-corrected chi connectivity index (χ0v) is 18.3. The zero-order chi connectivity index (χ0) is 21.3. The second-order valence-corrected chi connectivity index (χ2v) is 9.43. The molecule has 3 aromatic rings. The second kappa shape index (κ2) is 8.53. The molecule has 0 spiro atoms. The molecule has 0 aliphatic heterocycles. The molecule has 0 saturated carbocycles. The highest BCUT2D eigenvalue weighted by Gasteiger charge is 2.25. The number of ether oxygens (including phenoxy) is 1. The normalized spacial score (nSPS) is 13.1. The van der Waals surface area contributed by atoms with Gasteiger partial charge in [0.15, 0.2) is 6.10 Å². The molecular weight excluding hydrogens is 418 g/mol. The fourth-order valence-corrected chi connectivity index (χ4v) is 5.58. The van der Waals surface area contributed by atoms with Crippen molar-refractivity contribution in [1.82, 2.24) is 5.32 Å². The van der Waals surface area contributed by atoms with Gasteiger partial charge in [0.25, 0.3) is 0 Å². The standard InChI is InChI=1S/C23H21NO4S2/c1-13(21(26)19-10-9-17(29-19)12-24-14(2)25)28-23(27)20-11-16-8-7-15-5-3-4-6-18(15)22(16)30-20/h3-6,9-11,13H,7-8,12H2,1-2H3,(H,24,25). The van der Waals surface area contributed by atoms with Gasteiger partial charge in [-0.15, -0.1) is 22.7 Å². The molecule has 0 fully saturated rings. The minimum atomic E-state index is -0.879. The molecule has 2 aromatic heterocycles. The number of hydrogen-bond acceptors (Lipinski definition) is 6. The molecule has 30 heavy (non-hydrogen) atoms. The lowest BCUT2D eigenvalue weighted by Crippen LogP contribution is -2.23. The number of nitrogens with one attached hydrogen (secondary N) is 1. The van der Waals surface area contributed by atoms with E-state index < -0.39 is 12.1 Å². The summed E-state index contributed by atoms with van der Waals surface area (Å²) in [6, 6.07) is 13.6. The molecule has 1 aromatic carbocycles. The molecule has 1 atom stereocenters. The molecule has 1 N–H and O–H groups in total. The maximum absolute atomic E-state index is 12.7. The van der Waals surface area contributed by atoms with Crippen molar-refractivity contribution in [3.8, 4) is 10.4 Å². The first-order valence-electron chi connectivity index (χ1n) is 9.71. The summed E-state index contributed by atoms with van der Waals surface area (Å²) in [5.74, 6) is -0.836. The Bertz CT molecular complexity index is 1130. The van der Waals surface area contributed by atoms with Crippen LogP contribution in [0.1, 0.15) is 49.2 Å². The third-order valence-corrected chi connectivity index (χ3v) is 7.30.